The number of nitrogens with zero attached hydrogens (tertiary/aromatic N) is 1. The Labute approximate surface area is 79.7 Å². The lowest BCUT2D eigenvalue weighted by Gasteiger charge is -2.13. The number of nitrogens with one attached hydrogen (secondary N) is 1. The van der Waals surface area contributed by atoms with E-state index in [-0.39, 0.29) is 0 Å². The molecule has 0 aromatic heterocycles. The summed E-state index contributed by atoms with van der Waals surface area (Å²) in [4.78, 5) is 1.78. The average molecular weight is 176 g/mol. The molecule has 70 valence electrons. The van der Waals surface area contributed by atoms with Crippen LogP contribution in [0.3, 0.4) is 0 Å². The Bertz CT molecular complexity index is 275. The molecule has 0 aliphatic rings. The molecule has 2 heteroatoms. The van der Waals surface area contributed by atoms with E-state index in [1.165, 1.54) is 11.9 Å². The highest BCUT2D eigenvalue weighted by atomic mass is 15.1. The molecule has 1 N–H and O–H groups in total. The zero-order valence-corrected chi connectivity index (χ0v) is 8.41. The summed E-state index contributed by atoms with van der Waals surface area (Å²) in [7, 11) is 1.87. The van der Waals surface area contributed by atoms with Crippen LogP contribution in [0.25, 0.3) is 0 Å². The number of benzene rings is 1. The Hall–Kier alpha value is -1.31. The second kappa shape index (κ2) is 4.08. The van der Waals surface area contributed by atoms with Crippen molar-refractivity contribution in [2.75, 3.05) is 11.9 Å². The minimum Gasteiger partial charge on any atom is -0.336 e. The van der Waals surface area contributed by atoms with Crippen LogP contribution in [0.5, 0.6) is 0 Å². The van der Waals surface area contributed by atoms with Gasteiger partial charge in [-0.25, -0.2) is 0 Å². The van der Waals surface area contributed by atoms with E-state index >= 15 is 0 Å². The van der Waals surface area contributed by atoms with E-state index < -0.39 is 0 Å². The maximum Gasteiger partial charge on any atom is 0.0859 e. The average Bonchev–Trinajstić information content (AvgIpc) is 2.17. The first-order chi connectivity index (χ1) is 6.15. The van der Waals surface area contributed by atoms with Crippen LogP contribution < -0.4 is 4.90 Å². The number of hydrogen-bond acceptors (Lipinski definition) is 1. The van der Waals surface area contributed by atoms with E-state index in [9.17, 15) is 0 Å². The van der Waals surface area contributed by atoms with Gasteiger partial charge in [0.15, 0.2) is 0 Å². The van der Waals surface area contributed by atoms with Gasteiger partial charge in [-0.3, -0.25) is 5.41 Å². The number of rotatable bonds is 3. The molecule has 13 heavy (non-hydrogen) atoms. The molecule has 0 radical (unpaired) electrons. The molecule has 1 aromatic rings. The van der Waals surface area contributed by atoms with E-state index in [2.05, 4.69) is 26.0 Å². The second-order valence-electron chi connectivity index (χ2n) is 3.49. The summed E-state index contributed by atoms with van der Waals surface area (Å²) in [5.74, 6) is 0.569. The van der Waals surface area contributed by atoms with E-state index in [4.69, 9.17) is 5.41 Å². The lowest BCUT2D eigenvalue weighted by atomic mass is 10.0. The first kappa shape index (κ1) is 9.78. The maximum absolute atomic E-state index is 7.09. The van der Waals surface area contributed by atoms with Crippen molar-refractivity contribution in [3.63, 3.8) is 0 Å². The monoisotopic (exact) mass is 176 g/mol. The van der Waals surface area contributed by atoms with Gasteiger partial charge in [-0.2, -0.15) is 0 Å². The van der Waals surface area contributed by atoms with Gasteiger partial charge in [0.2, 0.25) is 0 Å². The minimum atomic E-state index is 0.569. The number of anilines is 1. The van der Waals surface area contributed by atoms with Gasteiger partial charge in [0, 0.05) is 12.7 Å². The van der Waals surface area contributed by atoms with Gasteiger partial charge in [-0.1, -0.05) is 26.0 Å². The highest BCUT2D eigenvalue weighted by Crippen LogP contribution is 2.18. The molecule has 0 unspecified atom stereocenters. The molecule has 0 heterocycles. The third kappa shape index (κ3) is 2.31. The maximum atomic E-state index is 7.09. The standard InChI is InChI=1S/C11H16N2/c1-9(2)10-4-6-11(7-5-10)13(3)8-12/h4-9,12H,1-3H3. The van der Waals surface area contributed by atoms with Crippen LogP contribution in [-0.2, 0) is 0 Å². The molecule has 0 aliphatic carbocycles. The molecule has 0 amide bonds. The molecule has 0 fully saturated rings. The normalized spacial score (nSPS) is 10.2. The van der Waals surface area contributed by atoms with Gasteiger partial charge in [-0.05, 0) is 23.6 Å². The SMILES string of the molecule is CC(C)c1ccc(N(C)C=N)cc1. The molecule has 0 bridgehead atoms. The third-order valence-electron chi connectivity index (χ3n) is 2.16. The van der Waals surface area contributed by atoms with Crippen molar-refractivity contribution in [1.82, 2.24) is 0 Å². The van der Waals surface area contributed by atoms with Crippen LogP contribution in [0.15, 0.2) is 24.3 Å². The highest BCUT2D eigenvalue weighted by molar-refractivity contribution is 5.75. The van der Waals surface area contributed by atoms with E-state index in [1.807, 2.05) is 19.2 Å². The van der Waals surface area contributed by atoms with Gasteiger partial charge in [-0.15, -0.1) is 0 Å². The van der Waals surface area contributed by atoms with E-state index in [0.29, 0.717) is 5.92 Å². The predicted octanol–water partition coefficient (Wildman–Crippen LogP) is 2.85. The van der Waals surface area contributed by atoms with Crippen molar-refractivity contribution in [2.24, 2.45) is 0 Å². The number of hydrogen-bond donors (Lipinski definition) is 1. The van der Waals surface area contributed by atoms with Crippen LogP contribution in [0.2, 0.25) is 0 Å². The van der Waals surface area contributed by atoms with Gasteiger partial charge in [0.1, 0.15) is 0 Å². The van der Waals surface area contributed by atoms with Gasteiger partial charge >= 0.3 is 0 Å². The van der Waals surface area contributed by atoms with Gasteiger partial charge in [0.25, 0.3) is 0 Å². The first-order valence-corrected chi connectivity index (χ1v) is 4.48. The van der Waals surface area contributed by atoms with Crippen molar-refractivity contribution < 1.29 is 0 Å². The lowest BCUT2D eigenvalue weighted by Crippen LogP contribution is -2.12. The lowest BCUT2D eigenvalue weighted by molar-refractivity contribution is 0.866. The summed E-state index contributed by atoms with van der Waals surface area (Å²) in [6, 6.07) is 8.31. The Kier molecular flexibility index (Phi) is 3.07. The topological polar surface area (TPSA) is 27.1 Å². The third-order valence-corrected chi connectivity index (χ3v) is 2.16. The summed E-state index contributed by atoms with van der Waals surface area (Å²) in [5.41, 5.74) is 2.39. The van der Waals surface area contributed by atoms with Gasteiger partial charge < -0.3 is 4.90 Å². The van der Waals surface area contributed by atoms with Crippen LogP contribution >= 0.6 is 0 Å². The Morgan fingerprint density at radius 1 is 1.23 bits per heavy atom. The van der Waals surface area contributed by atoms with Crippen molar-refractivity contribution in [1.29, 1.82) is 5.41 Å². The summed E-state index contributed by atoms with van der Waals surface area (Å²) < 4.78 is 0. The quantitative estimate of drug-likeness (QED) is 0.556. The second-order valence-corrected chi connectivity index (χ2v) is 3.49. The van der Waals surface area contributed by atoms with Gasteiger partial charge in [0.05, 0.1) is 6.34 Å². The molecule has 2 nitrogen and oxygen atoms in total. The van der Waals surface area contributed by atoms with Crippen molar-refractivity contribution >= 4 is 12.0 Å². The fourth-order valence-electron chi connectivity index (χ4n) is 1.17. The highest BCUT2D eigenvalue weighted by Gasteiger charge is 2.00. The molecule has 1 aromatic carbocycles. The van der Waals surface area contributed by atoms with Crippen LogP contribution in [0, 0.1) is 5.41 Å². The summed E-state index contributed by atoms with van der Waals surface area (Å²) in [6.07, 6.45) is 1.31. The summed E-state index contributed by atoms with van der Waals surface area (Å²) in [6.45, 7) is 4.35. The molecular weight excluding hydrogens is 160 g/mol. The molecule has 0 aliphatic heterocycles. The molecule has 0 saturated carbocycles. The Morgan fingerprint density at radius 2 is 1.77 bits per heavy atom. The molecular formula is C11H16N2. The van der Waals surface area contributed by atoms with E-state index in [0.717, 1.165) is 5.69 Å². The largest absolute Gasteiger partial charge is 0.336 e. The molecule has 1 rings (SSSR count). The van der Waals surface area contributed by atoms with Crippen LogP contribution in [0.1, 0.15) is 25.3 Å². The zero-order valence-electron chi connectivity index (χ0n) is 8.41. The van der Waals surface area contributed by atoms with E-state index in [1.54, 1.807) is 4.90 Å². The van der Waals surface area contributed by atoms with Crippen LogP contribution in [0.4, 0.5) is 5.69 Å². The zero-order chi connectivity index (χ0) is 9.84. The Balaban J connectivity index is 2.87. The minimum absolute atomic E-state index is 0.569. The molecule has 0 saturated heterocycles. The molecule has 0 spiro atoms. The van der Waals surface area contributed by atoms with Crippen molar-refractivity contribution in [2.45, 2.75) is 19.8 Å². The summed E-state index contributed by atoms with van der Waals surface area (Å²) >= 11 is 0. The van der Waals surface area contributed by atoms with Crippen molar-refractivity contribution in [3.05, 3.63) is 29.8 Å². The fraction of sp³-hybridized carbons (Fsp3) is 0.364. The van der Waals surface area contributed by atoms with Crippen LogP contribution in [-0.4, -0.2) is 13.4 Å². The predicted molar refractivity (Wildman–Crippen MR) is 57.7 cm³/mol. The fourth-order valence-corrected chi connectivity index (χ4v) is 1.17. The first-order valence-electron chi connectivity index (χ1n) is 4.48. The smallest absolute Gasteiger partial charge is 0.0859 e. The molecule has 0 atom stereocenters. The summed E-state index contributed by atoms with van der Waals surface area (Å²) in [5, 5.41) is 7.09. The Morgan fingerprint density at radius 3 is 2.15 bits per heavy atom. The van der Waals surface area contributed by atoms with Crippen molar-refractivity contribution in [3.8, 4) is 0 Å².